The predicted octanol–water partition coefficient (Wildman–Crippen LogP) is 3.62. The Morgan fingerprint density at radius 1 is 1.00 bits per heavy atom. The molecule has 0 atom stereocenters. The molecule has 0 aliphatic rings. The fourth-order valence-corrected chi connectivity index (χ4v) is 2.31. The molecule has 2 aromatic rings. The Bertz CT molecular complexity index is 752. The molecule has 0 amide bonds. The van der Waals surface area contributed by atoms with E-state index in [1.54, 1.807) is 36.4 Å². The number of carbonyl (C=O) groups is 1. The molecule has 0 unspecified atom stereocenters. The van der Waals surface area contributed by atoms with Gasteiger partial charge >= 0.3 is 0 Å². The highest BCUT2D eigenvalue weighted by Gasteiger charge is 2.13. The number of phenolic OH excluding ortho intramolecular Hbond substituents is 1. The van der Waals surface area contributed by atoms with Crippen LogP contribution in [0.5, 0.6) is 23.0 Å². The van der Waals surface area contributed by atoms with E-state index in [0.717, 1.165) is 5.56 Å². The van der Waals surface area contributed by atoms with Crippen molar-refractivity contribution in [3.05, 3.63) is 53.1 Å². The maximum Gasteiger partial charge on any atom is 0.203 e. The van der Waals surface area contributed by atoms with E-state index in [9.17, 15) is 9.90 Å². The number of aromatic hydroxyl groups is 1. The van der Waals surface area contributed by atoms with Gasteiger partial charge in [-0.3, -0.25) is 4.79 Å². The van der Waals surface area contributed by atoms with Crippen LogP contribution in [0.1, 0.15) is 21.5 Å². The summed E-state index contributed by atoms with van der Waals surface area (Å²) in [6.07, 6.45) is 3.02. The molecule has 0 saturated heterocycles. The van der Waals surface area contributed by atoms with E-state index in [1.807, 2.05) is 6.92 Å². The molecule has 0 aliphatic heterocycles. The molecule has 2 rings (SSSR count). The fourth-order valence-electron chi connectivity index (χ4n) is 2.31. The van der Waals surface area contributed by atoms with Gasteiger partial charge in [0, 0.05) is 0 Å². The van der Waals surface area contributed by atoms with Gasteiger partial charge in [0.25, 0.3) is 0 Å². The lowest BCUT2D eigenvalue weighted by atomic mass is 10.1. The van der Waals surface area contributed by atoms with Gasteiger partial charge < -0.3 is 19.3 Å². The molecule has 0 heterocycles. The molecule has 24 heavy (non-hydrogen) atoms. The Labute approximate surface area is 141 Å². The second kappa shape index (κ2) is 7.55. The largest absolute Gasteiger partial charge is 0.507 e. The van der Waals surface area contributed by atoms with Crippen molar-refractivity contribution in [1.29, 1.82) is 0 Å². The SMILES string of the molecule is COc1cc(/C=C/C(=O)c2ccc(C)cc2O)cc(OC)c1OC. The van der Waals surface area contributed by atoms with Gasteiger partial charge in [-0.1, -0.05) is 12.1 Å². The molecule has 0 aromatic heterocycles. The molecule has 5 heteroatoms. The number of benzene rings is 2. The summed E-state index contributed by atoms with van der Waals surface area (Å²) in [5.74, 6) is 1.17. The van der Waals surface area contributed by atoms with Crippen LogP contribution in [0.2, 0.25) is 0 Å². The van der Waals surface area contributed by atoms with Gasteiger partial charge in [-0.05, 0) is 48.4 Å². The average molecular weight is 328 g/mol. The highest BCUT2D eigenvalue weighted by molar-refractivity contribution is 6.08. The first-order valence-corrected chi connectivity index (χ1v) is 7.32. The van der Waals surface area contributed by atoms with Crippen LogP contribution in [0.4, 0.5) is 0 Å². The molecular weight excluding hydrogens is 308 g/mol. The molecule has 2 aromatic carbocycles. The van der Waals surface area contributed by atoms with Crippen LogP contribution in [0.25, 0.3) is 6.08 Å². The molecule has 5 nitrogen and oxygen atoms in total. The first-order valence-electron chi connectivity index (χ1n) is 7.32. The molecule has 0 spiro atoms. The van der Waals surface area contributed by atoms with Crippen molar-refractivity contribution in [1.82, 2.24) is 0 Å². The molecule has 0 radical (unpaired) electrons. The summed E-state index contributed by atoms with van der Waals surface area (Å²) >= 11 is 0. The molecule has 126 valence electrons. The highest BCUT2D eigenvalue weighted by atomic mass is 16.5. The van der Waals surface area contributed by atoms with E-state index in [4.69, 9.17) is 14.2 Å². The van der Waals surface area contributed by atoms with Gasteiger partial charge in [-0.15, -0.1) is 0 Å². The zero-order chi connectivity index (χ0) is 17.7. The molecule has 1 N–H and O–H groups in total. The van der Waals surface area contributed by atoms with Crippen molar-refractivity contribution in [2.45, 2.75) is 6.92 Å². The van der Waals surface area contributed by atoms with Crippen LogP contribution in [0.15, 0.2) is 36.4 Å². The number of hydrogen-bond acceptors (Lipinski definition) is 5. The zero-order valence-electron chi connectivity index (χ0n) is 14.1. The monoisotopic (exact) mass is 328 g/mol. The van der Waals surface area contributed by atoms with E-state index >= 15 is 0 Å². The first-order chi connectivity index (χ1) is 11.5. The summed E-state index contributed by atoms with van der Waals surface area (Å²) in [7, 11) is 4.58. The predicted molar refractivity (Wildman–Crippen MR) is 92.3 cm³/mol. The Balaban J connectivity index is 2.32. The van der Waals surface area contributed by atoms with Gasteiger partial charge in [0.15, 0.2) is 17.3 Å². The van der Waals surface area contributed by atoms with Crippen molar-refractivity contribution in [3.8, 4) is 23.0 Å². The van der Waals surface area contributed by atoms with E-state index in [1.165, 1.54) is 27.4 Å². The topological polar surface area (TPSA) is 65.0 Å². The highest BCUT2D eigenvalue weighted by Crippen LogP contribution is 2.38. The van der Waals surface area contributed by atoms with Crippen LogP contribution in [-0.4, -0.2) is 32.2 Å². The van der Waals surface area contributed by atoms with Gasteiger partial charge in [-0.25, -0.2) is 0 Å². The van der Waals surface area contributed by atoms with Crippen molar-refractivity contribution >= 4 is 11.9 Å². The number of rotatable bonds is 6. The van der Waals surface area contributed by atoms with E-state index < -0.39 is 0 Å². The number of methoxy groups -OCH3 is 3. The van der Waals surface area contributed by atoms with Crippen molar-refractivity contribution in [2.75, 3.05) is 21.3 Å². The van der Waals surface area contributed by atoms with Crippen molar-refractivity contribution in [2.24, 2.45) is 0 Å². The molecule has 0 fully saturated rings. The number of ether oxygens (including phenoxy) is 3. The zero-order valence-corrected chi connectivity index (χ0v) is 14.1. The van der Waals surface area contributed by atoms with Gasteiger partial charge in [0.2, 0.25) is 5.75 Å². The minimum absolute atomic E-state index is 0.0328. The number of ketones is 1. The van der Waals surface area contributed by atoms with E-state index in [0.29, 0.717) is 22.8 Å². The summed E-state index contributed by atoms with van der Waals surface area (Å²) < 4.78 is 15.8. The summed E-state index contributed by atoms with van der Waals surface area (Å²) in [6, 6.07) is 8.41. The quantitative estimate of drug-likeness (QED) is 0.648. The third kappa shape index (κ3) is 3.68. The fraction of sp³-hybridized carbons (Fsp3) is 0.211. The minimum Gasteiger partial charge on any atom is -0.507 e. The Hall–Kier alpha value is -2.95. The Kier molecular flexibility index (Phi) is 5.47. The van der Waals surface area contributed by atoms with Crippen LogP contribution in [-0.2, 0) is 0 Å². The molecule has 0 saturated carbocycles. The van der Waals surface area contributed by atoms with Crippen molar-refractivity contribution in [3.63, 3.8) is 0 Å². The van der Waals surface area contributed by atoms with E-state index in [-0.39, 0.29) is 17.1 Å². The van der Waals surface area contributed by atoms with Gasteiger partial charge in [-0.2, -0.15) is 0 Å². The van der Waals surface area contributed by atoms with Crippen LogP contribution >= 0.6 is 0 Å². The number of allylic oxidation sites excluding steroid dienone is 1. The number of carbonyl (C=O) groups excluding carboxylic acids is 1. The molecule has 0 bridgehead atoms. The summed E-state index contributed by atoms with van der Waals surface area (Å²) in [4.78, 5) is 12.2. The summed E-state index contributed by atoms with van der Waals surface area (Å²) in [5, 5.41) is 9.88. The standard InChI is InChI=1S/C19H20O5/c1-12-5-7-14(16(21)9-12)15(20)8-6-13-10-17(22-2)19(24-4)18(11-13)23-3/h5-11,21H,1-4H3/b8-6+. The normalized spacial score (nSPS) is 10.7. The van der Waals surface area contributed by atoms with E-state index in [2.05, 4.69) is 0 Å². The Morgan fingerprint density at radius 2 is 1.62 bits per heavy atom. The number of hydrogen-bond donors (Lipinski definition) is 1. The summed E-state index contributed by atoms with van der Waals surface area (Å²) in [6.45, 7) is 1.85. The molecule has 0 aliphatic carbocycles. The maximum absolute atomic E-state index is 12.2. The lowest BCUT2D eigenvalue weighted by Crippen LogP contribution is -1.97. The lowest BCUT2D eigenvalue weighted by molar-refractivity contribution is 0.104. The van der Waals surface area contributed by atoms with Crippen LogP contribution in [0, 0.1) is 6.92 Å². The van der Waals surface area contributed by atoms with Gasteiger partial charge in [0.05, 0.1) is 26.9 Å². The van der Waals surface area contributed by atoms with Crippen LogP contribution in [0.3, 0.4) is 0 Å². The van der Waals surface area contributed by atoms with Crippen molar-refractivity contribution < 1.29 is 24.1 Å². The minimum atomic E-state index is -0.291. The second-order valence-corrected chi connectivity index (χ2v) is 5.18. The van der Waals surface area contributed by atoms with Gasteiger partial charge in [0.1, 0.15) is 5.75 Å². The second-order valence-electron chi connectivity index (χ2n) is 5.18. The lowest BCUT2D eigenvalue weighted by Gasteiger charge is -2.12. The Morgan fingerprint density at radius 3 is 2.12 bits per heavy atom. The van der Waals surface area contributed by atoms with Crippen LogP contribution < -0.4 is 14.2 Å². The summed E-state index contributed by atoms with van der Waals surface area (Å²) in [5.41, 5.74) is 1.85. The maximum atomic E-state index is 12.2. The molecular formula is C19H20O5. The smallest absolute Gasteiger partial charge is 0.203 e. The third-order valence-corrected chi connectivity index (χ3v) is 3.53. The third-order valence-electron chi connectivity index (χ3n) is 3.53. The first kappa shape index (κ1) is 17.4. The average Bonchev–Trinajstić information content (AvgIpc) is 2.58. The number of aryl methyl sites for hydroxylation is 1. The number of phenols is 1.